The number of carbonyl (C=O) groups excluding carboxylic acids is 1. The van der Waals surface area contributed by atoms with Crippen molar-refractivity contribution in [1.82, 2.24) is 0 Å². The second-order valence-corrected chi connectivity index (χ2v) is 5.33. The Labute approximate surface area is 96.6 Å². The lowest BCUT2D eigenvalue weighted by Crippen LogP contribution is -2.27. The van der Waals surface area contributed by atoms with Gasteiger partial charge in [-0.2, -0.15) is 0 Å². The van der Waals surface area contributed by atoms with Crippen molar-refractivity contribution in [3.8, 4) is 0 Å². The molecule has 0 bridgehead atoms. The highest BCUT2D eigenvalue weighted by atomic mass is 16.5. The summed E-state index contributed by atoms with van der Waals surface area (Å²) in [4.78, 5) is 12.0. The Balaban J connectivity index is 2.48. The average molecular weight is 218 g/mol. The summed E-state index contributed by atoms with van der Waals surface area (Å²) in [7, 11) is 1.47. The highest BCUT2D eigenvalue weighted by Crippen LogP contribution is 2.64. The van der Waals surface area contributed by atoms with Gasteiger partial charge in [0, 0.05) is 0 Å². The Morgan fingerprint density at radius 3 is 2.44 bits per heavy atom. The molecule has 0 aromatic heterocycles. The van der Waals surface area contributed by atoms with Gasteiger partial charge < -0.3 is 4.74 Å². The molecule has 0 N–H and O–H groups in total. The summed E-state index contributed by atoms with van der Waals surface area (Å²) < 4.78 is 4.97. The topological polar surface area (TPSA) is 26.3 Å². The normalized spacial score (nSPS) is 26.2. The van der Waals surface area contributed by atoms with Crippen molar-refractivity contribution in [3.63, 3.8) is 0 Å². The maximum atomic E-state index is 12.0. The van der Waals surface area contributed by atoms with Crippen molar-refractivity contribution in [3.05, 3.63) is 35.4 Å². The van der Waals surface area contributed by atoms with E-state index >= 15 is 0 Å². The predicted molar refractivity (Wildman–Crippen MR) is 63.3 cm³/mol. The second kappa shape index (κ2) is 3.34. The predicted octanol–water partition coefficient (Wildman–Crippen LogP) is 2.84. The SMILES string of the molecule is COC(=O)C1(c2cccc(C)c2)CC1(C)C. The van der Waals surface area contributed by atoms with Crippen molar-refractivity contribution in [2.24, 2.45) is 5.41 Å². The van der Waals surface area contributed by atoms with E-state index in [0.29, 0.717) is 0 Å². The fourth-order valence-corrected chi connectivity index (χ4v) is 2.66. The van der Waals surface area contributed by atoms with Gasteiger partial charge in [0.1, 0.15) is 0 Å². The van der Waals surface area contributed by atoms with Gasteiger partial charge in [-0.15, -0.1) is 0 Å². The Bertz CT molecular complexity index is 434. The molecule has 2 nitrogen and oxygen atoms in total. The third kappa shape index (κ3) is 1.36. The molecule has 0 amide bonds. The molecule has 0 saturated heterocycles. The molecule has 1 unspecified atom stereocenters. The minimum atomic E-state index is -0.423. The van der Waals surface area contributed by atoms with Crippen molar-refractivity contribution < 1.29 is 9.53 Å². The number of carbonyl (C=O) groups is 1. The summed E-state index contributed by atoms with van der Waals surface area (Å²) in [5, 5.41) is 0. The lowest BCUT2D eigenvalue weighted by Gasteiger charge is -2.18. The van der Waals surface area contributed by atoms with Crippen LogP contribution in [-0.2, 0) is 14.9 Å². The van der Waals surface area contributed by atoms with E-state index in [4.69, 9.17) is 4.74 Å². The van der Waals surface area contributed by atoms with Crippen LogP contribution in [0.4, 0.5) is 0 Å². The first-order valence-corrected chi connectivity index (χ1v) is 5.59. The van der Waals surface area contributed by atoms with Gasteiger partial charge in [0.2, 0.25) is 0 Å². The fourth-order valence-electron chi connectivity index (χ4n) is 2.66. The molecule has 16 heavy (non-hydrogen) atoms. The molecule has 86 valence electrons. The van der Waals surface area contributed by atoms with E-state index < -0.39 is 5.41 Å². The van der Waals surface area contributed by atoms with Gasteiger partial charge >= 0.3 is 5.97 Å². The van der Waals surface area contributed by atoms with Crippen LogP contribution < -0.4 is 0 Å². The number of benzene rings is 1. The molecular weight excluding hydrogens is 200 g/mol. The smallest absolute Gasteiger partial charge is 0.316 e. The third-order valence-electron chi connectivity index (χ3n) is 3.78. The summed E-state index contributed by atoms with van der Waals surface area (Å²) in [5.41, 5.74) is 1.86. The maximum absolute atomic E-state index is 12.0. The molecule has 1 saturated carbocycles. The van der Waals surface area contributed by atoms with E-state index in [1.807, 2.05) is 25.1 Å². The standard InChI is InChI=1S/C14H18O2/c1-10-6-5-7-11(8-10)14(12(15)16-4)9-13(14,2)3/h5-8H,9H2,1-4H3. The summed E-state index contributed by atoms with van der Waals surface area (Å²) in [6, 6.07) is 8.16. The first kappa shape index (κ1) is 11.2. The Morgan fingerprint density at radius 2 is 2.00 bits per heavy atom. The number of rotatable bonds is 2. The maximum Gasteiger partial charge on any atom is 0.316 e. The molecule has 1 atom stereocenters. The Kier molecular flexibility index (Phi) is 2.33. The molecule has 2 rings (SSSR count). The van der Waals surface area contributed by atoms with Crippen LogP contribution in [0.25, 0.3) is 0 Å². The van der Waals surface area contributed by atoms with Gasteiger partial charge in [0.25, 0.3) is 0 Å². The van der Waals surface area contributed by atoms with E-state index in [1.165, 1.54) is 12.7 Å². The molecule has 0 aliphatic heterocycles. The third-order valence-corrected chi connectivity index (χ3v) is 3.78. The Morgan fingerprint density at radius 1 is 1.38 bits per heavy atom. The highest BCUT2D eigenvalue weighted by molar-refractivity contribution is 5.88. The summed E-state index contributed by atoms with van der Waals surface area (Å²) in [6.07, 6.45) is 0.871. The van der Waals surface area contributed by atoms with Gasteiger partial charge in [-0.05, 0) is 24.3 Å². The summed E-state index contributed by atoms with van der Waals surface area (Å²) in [6.45, 7) is 6.28. The van der Waals surface area contributed by atoms with Crippen LogP contribution in [0.2, 0.25) is 0 Å². The van der Waals surface area contributed by atoms with Crippen molar-refractivity contribution in [1.29, 1.82) is 0 Å². The number of hydrogen-bond acceptors (Lipinski definition) is 2. The van der Waals surface area contributed by atoms with Crippen LogP contribution in [0.5, 0.6) is 0 Å². The molecule has 1 aromatic rings. The monoisotopic (exact) mass is 218 g/mol. The minimum absolute atomic E-state index is 0.00782. The molecule has 0 radical (unpaired) electrons. The number of ether oxygens (including phenoxy) is 1. The van der Waals surface area contributed by atoms with Gasteiger partial charge in [-0.1, -0.05) is 43.7 Å². The minimum Gasteiger partial charge on any atom is -0.468 e. The van der Waals surface area contributed by atoms with Crippen LogP contribution in [-0.4, -0.2) is 13.1 Å². The number of aryl methyl sites for hydroxylation is 1. The molecule has 1 fully saturated rings. The van der Waals surface area contributed by atoms with E-state index in [-0.39, 0.29) is 11.4 Å². The van der Waals surface area contributed by atoms with E-state index in [9.17, 15) is 4.79 Å². The van der Waals surface area contributed by atoms with Gasteiger partial charge in [-0.3, -0.25) is 4.79 Å². The zero-order valence-electron chi connectivity index (χ0n) is 10.3. The van der Waals surface area contributed by atoms with Crippen LogP contribution in [0.15, 0.2) is 24.3 Å². The quantitative estimate of drug-likeness (QED) is 0.713. The van der Waals surface area contributed by atoms with Crippen LogP contribution >= 0.6 is 0 Å². The lowest BCUT2D eigenvalue weighted by atomic mass is 9.87. The van der Waals surface area contributed by atoms with E-state index in [2.05, 4.69) is 19.9 Å². The average Bonchev–Trinajstić information content (AvgIpc) is 2.82. The highest BCUT2D eigenvalue weighted by Gasteiger charge is 2.68. The molecular formula is C14H18O2. The van der Waals surface area contributed by atoms with Crippen molar-refractivity contribution in [2.45, 2.75) is 32.6 Å². The molecule has 1 aliphatic rings. The number of methoxy groups -OCH3 is 1. The number of hydrogen-bond donors (Lipinski definition) is 0. The second-order valence-electron chi connectivity index (χ2n) is 5.33. The Hall–Kier alpha value is -1.31. The largest absolute Gasteiger partial charge is 0.468 e. The molecule has 0 heterocycles. The molecule has 2 heteroatoms. The van der Waals surface area contributed by atoms with Gasteiger partial charge in [0.05, 0.1) is 12.5 Å². The first-order valence-electron chi connectivity index (χ1n) is 5.59. The van der Waals surface area contributed by atoms with Gasteiger partial charge in [0.15, 0.2) is 0 Å². The van der Waals surface area contributed by atoms with E-state index in [1.54, 1.807) is 0 Å². The fraction of sp³-hybridized carbons (Fsp3) is 0.500. The summed E-state index contributed by atoms with van der Waals surface area (Å²) >= 11 is 0. The van der Waals surface area contributed by atoms with E-state index in [0.717, 1.165) is 12.0 Å². The lowest BCUT2D eigenvalue weighted by molar-refractivity contribution is -0.144. The van der Waals surface area contributed by atoms with Gasteiger partial charge in [-0.25, -0.2) is 0 Å². The zero-order chi connectivity index (χ0) is 12.0. The molecule has 1 aromatic carbocycles. The van der Waals surface area contributed by atoms with Crippen LogP contribution in [0.3, 0.4) is 0 Å². The van der Waals surface area contributed by atoms with Crippen molar-refractivity contribution in [2.75, 3.05) is 7.11 Å². The zero-order valence-corrected chi connectivity index (χ0v) is 10.3. The first-order chi connectivity index (χ1) is 7.44. The summed E-state index contributed by atoms with van der Waals surface area (Å²) in [5.74, 6) is -0.108. The van der Waals surface area contributed by atoms with Crippen molar-refractivity contribution >= 4 is 5.97 Å². The van der Waals surface area contributed by atoms with Crippen LogP contribution in [0, 0.1) is 12.3 Å². The molecule has 0 spiro atoms. The molecule has 1 aliphatic carbocycles. The van der Waals surface area contributed by atoms with Crippen LogP contribution in [0.1, 0.15) is 31.4 Å². The number of esters is 1.